The SMILES string of the molecule is CCOC(=O)c1ccc(NC(=O)CN2C(=O)/C(=C\c3ccc(OC)c(OC)c3)SC2=S)cc1. The van der Waals surface area contributed by atoms with E-state index in [0.717, 1.165) is 17.3 Å². The highest BCUT2D eigenvalue weighted by Gasteiger charge is 2.33. The molecule has 0 unspecified atom stereocenters. The molecule has 0 aliphatic carbocycles. The Morgan fingerprint density at radius 1 is 1.09 bits per heavy atom. The zero-order chi connectivity index (χ0) is 24.0. The summed E-state index contributed by atoms with van der Waals surface area (Å²) >= 11 is 6.43. The van der Waals surface area contributed by atoms with Gasteiger partial charge in [-0.15, -0.1) is 0 Å². The first-order chi connectivity index (χ1) is 15.9. The van der Waals surface area contributed by atoms with Crippen LogP contribution >= 0.6 is 24.0 Å². The van der Waals surface area contributed by atoms with Crippen LogP contribution < -0.4 is 14.8 Å². The number of carbonyl (C=O) groups is 3. The van der Waals surface area contributed by atoms with Gasteiger partial charge in [0.2, 0.25) is 5.91 Å². The van der Waals surface area contributed by atoms with E-state index in [4.69, 9.17) is 26.4 Å². The molecule has 172 valence electrons. The van der Waals surface area contributed by atoms with Crippen LogP contribution in [-0.4, -0.2) is 54.4 Å². The Balaban J connectivity index is 1.65. The number of ether oxygens (including phenoxy) is 3. The minimum atomic E-state index is -0.436. The van der Waals surface area contributed by atoms with Gasteiger partial charge in [0, 0.05) is 5.69 Å². The van der Waals surface area contributed by atoms with E-state index in [1.807, 2.05) is 0 Å². The van der Waals surface area contributed by atoms with E-state index < -0.39 is 11.9 Å². The number of anilines is 1. The first-order valence-electron chi connectivity index (χ1n) is 9.90. The minimum absolute atomic E-state index is 0.229. The van der Waals surface area contributed by atoms with Crippen molar-refractivity contribution < 1.29 is 28.6 Å². The van der Waals surface area contributed by atoms with Crippen LogP contribution in [0.25, 0.3) is 6.08 Å². The molecule has 0 atom stereocenters. The van der Waals surface area contributed by atoms with Gasteiger partial charge in [-0.25, -0.2) is 4.79 Å². The molecule has 1 heterocycles. The summed E-state index contributed by atoms with van der Waals surface area (Å²) in [6, 6.07) is 11.6. The third kappa shape index (κ3) is 5.91. The van der Waals surface area contributed by atoms with E-state index in [0.29, 0.717) is 32.0 Å². The third-order valence-corrected chi connectivity index (χ3v) is 5.94. The molecule has 2 aromatic rings. The summed E-state index contributed by atoms with van der Waals surface area (Å²) in [7, 11) is 3.08. The molecular formula is C23H22N2O6S2. The van der Waals surface area contributed by atoms with Gasteiger partial charge in [-0.3, -0.25) is 14.5 Å². The molecule has 1 N–H and O–H groups in total. The summed E-state index contributed by atoms with van der Waals surface area (Å²) in [6.07, 6.45) is 1.69. The lowest BCUT2D eigenvalue weighted by Gasteiger charge is -2.14. The lowest BCUT2D eigenvalue weighted by Crippen LogP contribution is -2.36. The number of rotatable bonds is 8. The van der Waals surface area contributed by atoms with Gasteiger partial charge in [-0.1, -0.05) is 30.0 Å². The lowest BCUT2D eigenvalue weighted by atomic mass is 10.2. The summed E-state index contributed by atoms with van der Waals surface area (Å²) < 4.78 is 15.7. The molecule has 0 spiro atoms. The van der Waals surface area contributed by atoms with E-state index in [9.17, 15) is 14.4 Å². The molecule has 1 aliphatic heterocycles. The maximum Gasteiger partial charge on any atom is 0.338 e. The number of thiocarbonyl (C=S) groups is 1. The molecule has 2 aromatic carbocycles. The van der Waals surface area contributed by atoms with Crippen LogP contribution in [0, 0.1) is 0 Å². The van der Waals surface area contributed by atoms with Gasteiger partial charge in [0.05, 0.1) is 31.3 Å². The maximum atomic E-state index is 12.8. The monoisotopic (exact) mass is 486 g/mol. The molecule has 0 saturated carbocycles. The van der Waals surface area contributed by atoms with Gasteiger partial charge in [-0.2, -0.15) is 0 Å². The molecule has 0 aromatic heterocycles. The number of carbonyl (C=O) groups excluding carboxylic acids is 3. The summed E-state index contributed by atoms with van der Waals surface area (Å²) in [5.74, 6) is -0.0893. The Kier molecular flexibility index (Phi) is 8.07. The minimum Gasteiger partial charge on any atom is -0.493 e. The number of hydrogen-bond donors (Lipinski definition) is 1. The Morgan fingerprint density at radius 2 is 1.79 bits per heavy atom. The summed E-state index contributed by atoms with van der Waals surface area (Å²) in [4.78, 5) is 38.7. The normalized spacial score (nSPS) is 14.4. The van der Waals surface area contributed by atoms with E-state index >= 15 is 0 Å². The van der Waals surface area contributed by atoms with Gasteiger partial charge in [0.15, 0.2) is 11.5 Å². The molecule has 10 heteroatoms. The van der Waals surface area contributed by atoms with E-state index in [2.05, 4.69) is 5.32 Å². The van der Waals surface area contributed by atoms with Gasteiger partial charge in [0.25, 0.3) is 5.91 Å². The fraction of sp³-hybridized carbons (Fsp3) is 0.217. The molecule has 3 rings (SSSR count). The van der Waals surface area contributed by atoms with Crippen molar-refractivity contribution in [2.75, 3.05) is 32.7 Å². The van der Waals surface area contributed by atoms with Crippen molar-refractivity contribution in [2.45, 2.75) is 6.92 Å². The van der Waals surface area contributed by atoms with Gasteiger partial charge in [-0.05, 0) is 55.0 Å². The fourth-order valence-corrected chi connectivity index (χ4v) is 4.23. The molecule has 0 radical (unpaired) electrons. The van der Waals surface area contributed by atoms with Crippen molar-refractivity contribution in [3.05, 3.63) is 58.5 Å². The molecule has 0 bridgehead atoms. The molecule has 1 saturated heterocycles. The van der Waals surface area contributed by atoms with Crippen molar-refractivity contribution in [3.8, 4) is 11.5 Å². The van der Waals surface area contributed by atoms with Crippen molar-refractivity contribution in [3.63, 3.8) is 0 Å². The summed E-state index contributed by atoms with van der Waals surface area (Å²) in [6.45, 7) is 1.78. The number of nitrogens with zero attached hydrogens (tertiary/aromatic N) is 1. The standard InChI is InChI=1S/C23H22N2O6S2/c1-4-31-22(28)15-6-8-16(9-7-15)24-20(26)13-25-21(27)19(33-23(25)32)12-14-5-10-17(29-2)18(11-14)30-3/h5-12H,4,13H2,1-3H3,(H,24,26)/b19-12+. The van der Waals surface area contributed by atoms with Crippen LogP contribution in [-0.2, 0) is 14.3 Å². The largest absolute Gasteiger partial charge is 0.493 e. The quantitative estimate of drug-likeness (QED) is 0.343. The number of hydrogen-bond acceptors (Lipinski definition) is 8. The van der Waals surface area contributed by atoms with E-state index in [1.165, 1.54) is 12.0 Å². The summed E-state index contributed by atoms with van der Waals surface area (Å²) in [5.41, 5.74) is 1.60. The van der Waals surface area contributed by atoms with Crippen LogP contribution in [0.4, 0.5) is 5.69 Å². The van der Waals surface area contributed by atoms with Crippen molar-refractivity contribution in [2.24, 2.45) is 0 Å². The van der Waals surface area contributed by atoms with Gasteiger partial charge < -0.3 is 19.5 Å². The molecular weight excluding hydrogens is 464 g/mol. The second kappa shape index (κ2) is 11.0. The summed E-state index contributed by atoms with van der Waals surface area (Å²) in [5, 5.41) is 2.70. The Bertz CT molecular complexity index is 1110. The number of amides is 2. The molecule has 33 heavy (non-hydrogen) atoms. The smallest absolute Gasteiger partial charge is 0.338 e. The van der Waals surface area contributed by atoms with E-state index in [1.54, 1.807) is 62.6 Å². The fourth-order valence-electron chi connectivity index (χ4n) is 2.98. The second-order valence-corrected chi connectivity index (χ2v) is 8.40. The lowest BCUT2D eigenvalue weighted by molar-refractivity contribution is -0.126. The van der Waals surface area contributed by atoms with Crippen molar-refractivity contribution in [1.29, 1.82) is 0 Å². The maximum absolute atomic E-state index is 12.8. The Morgan fingerprint density at radius 3 is 2.42 bits per heavy atom. The Hall–Kier alpha value is -3.37. The highest BCUT2D eigenvalue weighted by atomic mass is 32.2. The highest BCUT2D eigenvalue weighted by molar-refractivity contribution is 8.26. The zero-order valence-electron chi connectivity index (χ0n) is 18.2. The predicted octanol–water partition coefficient (Wildman–Crippen LogP) is 3.72. The highest BCUT2D eigenvalue weighted by Crippen LogP contribution is 2.34. The first-order valence-corrected chi connectivity index (χ1v) is 11.1. The second-order valence-electron chi connectivity index (χ2n) is 6.73. The van der Waals surface area contributed by atoms with E-state index in [-0.39, 0.29) is 19.1 Å². The molecule has 8 nitrogen and oxygen atoms in total. The van der Waals surface area contributed by atoms with Crippen molar-refractivity contribution >= 4 is 57.8 Å². The number of benzene rings is 2. The number of thioether (sulfide) groups is 1. The number of methoxy groups -OCH3 is 2. The third-order valence-electron chi connectivity index (χ3n) is 4.56. The Labute approximate surface area is 200 Å². The predicted molar refractivity (Wildman–Crippen MR) is 130 cm³/mol. The molecule has 1 aliphatic rings. The number of esters is 1. The first kappa shape index (κ1) is 24.3. The number of nitrogens with one attached hydrogen (secondary N) is 1. The van der Waals surface area contributed by atoms with Crippen LogP contribution in [0.3, 0.4) is 0 Å². The molecule has 1 fully saturated rings. The van der Waals surface area contributed by atoms with Crippen LogP contribution in [0.15, 0.2) is 47.4 Å². The van der Waals surface area contributed by atoms with Gasteiger partial charge in [0.1, 0.15) is 10.9 Å². The zero-order valence-corrected chi connectivity index (χ0v) is 19.9. The average molecular weight is 487 g/mol. The van der Waals surface area contributed by atoms with Crippen molar-refractivity contribution in [1.82, 2.24) is 4.90 Å². The van der Waals surface area contributed by atoms with Crippen LogP contribution in [0.2, 0.25) is 0 Å². The van der Waals surface area contributed by atoms with Crippen LogP contribution in [0.5, 0.6) is 11.5 Å². The topological polar surface area (TPSA) is 94.2 Å². The van der Waals surface area contributed by atoms with Crippen LogP contribution in [0.1, 0.15) is 22.8 Å². The van der Waals surface area contributed by atoms with Gasteiger partial charge >= 0.3 is 5.97 Å². The molecule has 2 amide bonds. The average Bonchev–Trinajstić information content (AvgIpc) is 3.06.